The van der Waals surface area contributed by atoms with Crippen LogP contribution in [0.2, 0.25) is 0 Å². The highest BCUT2D eigenvalue weighted by Crippen LogP contribution is 2.69. The zero-order chi connectivity index (χ0) is 15.5. The molecule has 24 heavy (non-hydrogen) atoms. The van der Waals surface area contributed by atoms with Crippen molar-refractivity contribution >= 4 is 21.6 Å². The lowest BCUT2D eigenvalue weighted by Gasteiger charge is -2.27. The van der Waals surface area contributed by atoms with Gasteiger partial charge in [0.15, 0.2) is 0 Å². The number of benzene rings is 3. The Labute approximate surface area is 148 Å². The second-order valence-electron chi connectivity index (χ2n) is 6.17. The fourth-order valence-electron chi connectivity index (χ4n) is 3.78. The van der Waals surface area contributed by atoms with E-state index in [9.17, 15) is 0 Å². The van der Waals surface area contributed by atoms with Crippen molar-refractivity contribution in [3.8, 4) is 0 Å². The van der Waals surface area contributed by atoms with Gasteiger partial charge in [-0.15, -0.1) is 0 Å². The molecule has 0 aliphatic carbocycles. The van der Waals surface area contributed by atoms with Gasteiger partial charge in [0.25, 0.3) is 0 Å². The van der Waals surface area contributed by atoms with Crippen LogP contribution in [0, 0.1) is 0 Å². The number of hydrogen-bond acceptors (Lipinski definition) is 0. The molecule has 2 atom stereocenters. The lowest BCUT2D eigenvalue weighted by atomic mass is 10.0. The first-order chi connectivity index (χ1) is 11.4. The van der Waals surface area contributed by atoms with Crippen LogP contribution >= 0.6 is 7.92 Å². The van der Waals surface area contributed by atoms with Gasteiger partial charge >= 0.3 is 0 Å². The van der Waals surface area contributed by atoms with Gasteiger partial charge in [-0.3, -0.25) is 0 Å². The second kappa shape index (κ2) is 7.82. The normalized spacial score (nSPS) is 20.5. The lowest BCUT2D eigenvalue weighted by Crippen LogP contribution is -2.07. The first-order valence-electron chi connectivity index (χ1n) is 8.37. The van der Waals surface area contributed by atoms with E-state index in [1.54, 1.807) is 5.30 Å². The molecule has 1 saturated heterocycles. The van der Waals surface area contributed by atoms with Crippen LogP contribution < -0.4 is 5.30 Å². The summed E-state index contributed by atoms with van der Waals surface area (Å²) in [7, 11) is -0.220. The van der Waals surface area contributed by atoms with Crippen LogP contribution in [0.5, 0.6) is 0 Å². The van der Waals surface area contributed by atoms with E-state index in [0.717, 1.165) is 0 Å². The molecule has 1 aliphatic rings. The van der Waals surface area contributed by atoms with Gasteiger partial charge in [0.1, 0.15) is 0 Å². The Balaban J connectivity index is 0.00000169. The molecule has 0 N–H and O–H groups in total. The Kier molecular flexibility index (Phi) is 5.54. The standard InChI is InChI=1S/C22H21P.B/c1-4-10-18(11-5-1)21-16-17-22(19-12-6-2-7-13-19)23(21)20-14-8-3-9-15-20;/h1-15,21-22H,16-17H2;/t21-,22-;/m0./s1. The Morgan fingerprint density at radius 3 is 1.33 bits per heavy atom. The first-order valence-corrected chi connectivity index (χ1v) is 9.85. The van der Waals surface area contributed by atoms with E-state index in [-0.39, 0.29) is 16.3 Å². The fourth-order valence-corrected chi connectivity index (χ4v) is 7.29. The second-order valence-corrected chi connectivity index (χ2v) is 8.75. The minimum atomic E-state index is -0.220. The van der Waals surface area contributed by atoms with Crippen LogP contribution in [0.15, 0.2) is 91.0 Å². The van der Waals surface area contributed by atoms with Gasteiger partial charge in [0.05, 0.1) is 0 Å². The van der Waals surface area contributed by atoms with E-state index in [1.807, 2.05) is 0 Å². The van der Waals surface area contributed by atoms with Gasteiger partial charge in [0.2, 0.25) is 0 Å². The molecule has 3 radical (unpaired) electrons. The summed E-state index contributed by atoms with van der Waals surface area (Å²) >= 11 is 0. The van der Waals surface area contributed by atoms with Gasteiger partial charge < -0.3 is 0 Å². The van der Waals surface area contributed by atoms with Gasteiger partial charge in [-0.2, -0.15) is 0 Å². The third kappa shape index (κ3) is 3.33. The molecule has 0 amide bonds. The highest BCUT2D eigenvalue weighted by molar-refractivity contribution is 7.66. The third-order valence-corrected chi connectivity index (χ3v) is 8.16. The van der Waals surface area contributed by atoms with E-state index >= 15 is 0 Å². The van der Waals surface area contributed by atoms with Crippen LogP contribution in [-0.4, -0.2) is 8.41 Å². The Morgan fingerprint density at radius 2 is 0.917 bits per heavy atom. The minimum absolute atomic E-state index is 0. The van der Waals surface area contributed by atoms with Gasteiger partial charge in [-0.25, -0.2) is 0 Å². The zero-order valence-electron chi connectivity index (χ0n) is 13.8. The maximum atomic E-state index is 2.34. The summed E-state index contributed by atoms with van der Waals surface area (Å²) in [5.74, 6) is 0. The summed E-state index contributed by atoms with van der Waals surface area (Å²) in [6.45, 7) is 0. The molecule has 1 fully saturated rings. The predicted octanol–water partition coefficient (Wildman–Crippen LogP) is 5.69. The zero-order valence-corrected chi connectivity index (χ0v) is 14.6. The van der Waals surface area contributed by atoms with Crippen LogP contribution in [0.4, 0.5) is 0 Å². The van der Waals surface area contributed by atoms with Gasteiger partial charge in [-0.1, -0.05) is 98.9 Å². The quantitative estimate of drug-likeness (QED) is 0.428. The predicted molar refractivity (Wildman–Crippen MR) is 106 cm³/mol. The van der Waals surface area contributed by atoms with Crippen LogP contribution in [0.3, 0.4) is 0 Å². The molecule has 0 spiro atoms. The van der Waals surface area contributed by atoms with Crippen molar-refractivity contribution in [1.82, 2.24) is 0 Å². The lowest BCUT2D eigenvalue weighted by molar-refractivity contribution is 0.765. The van der Waals surface area contributed by atoms with Gasteiger partial charge in [-0.05, 0) is 29.3 Å². The Bertz CT molecular complexity index is 695. The maximum absolute atomic E-state index is 2.34. The molecule has 117 valence electrons. The van der Waals surface area contributed by atoms with Crippen molar-refractivity contribution in [2.45, 2.75) is 24.2 Å². The van der Waals surface area contributed by atoms with E-state index in [1.165, 1.54) is 24.0 Å². The van der Waals surface area contributed by atoms with Gasteiger partial charge in [0, 0.05) is 19.7 Å². The highest BCUT2D eigenvalue weighted by Gasteiger charge is 2.38. The molecule has 1 heterocycles. The summed E-state index contributed by atoms with van der Waals surface area (Å²) in [6, 6.07) is 33.4. The first kappa shape index (κ1) is 17.0. The summed E-state index contributed by atoms with van der Waals surface area (Å²) in [5, 5.41) is 1.54. The van der Waals surface area contributed by atoms with Crippen molar-refractivity contribution in [3.63, 3.8) is 0 Å². The Morgan fingerprint density at radius 1 is 0.542 bits per heavy atom. The average molecular weight is 327 g/mol. The fraction of sp³-hybridized carbons (Fsp3) is 0.182. The minimum Gasteiger partial charge on any atom is -0.0622 e. The number of rotatable bonds is 3. The van der Waals surface area contributed by atoms with Crippen molar-refractivity contribution in [2.75, 3.05) is 0 Å². The van der Waals surface area contributed by atoms with Crippen LogP contribution in [0.25, 0.3) is 0 Å². The molecule has 0 unspecified atom stereocenters. The molecule has 4 rings (SSSR count). The van der Waals surface area contributed by atoms with E-state index < -0.39 is 0 Å². The molecule has 3 aromatic carbocycles. The monoisotopic (exact) mass is 327 g/mol. The molecule has 0 saturated carbocycles. The Hall–Kier alpha value is -1.85. The van der Waals surface area contributed by atoms with E-state index in [2.05, 4.69) is 91.0 Å². The molecule has 0 bridgehead atoms. The number of hydrogen-bond donors (Lipinski definition) is 0. The van der Waals surface area contributed by atoms with Crippen LogP contribution in [-0.2, 0) is 0 Å². The highest BCUT2D eigenvalue weighted by atomic mass is 31.1. The third-order valence-electron chi connectivity index (χ3n) is 4.81. The maximum Gasteiger partial charge on any atom is 0.00877 e. The molecule has 0 aromatic heterocycles. The summed E-state index contributed by atoms with van der Waals surface area (Å²) < 4.78 is 0. The van der Waals surface area contributed by atoms with Crippen molar-refractivity contribution in [3.05, 3.63) is 102 Å². The van der Waals surface area contributed by atoms with Crippen molar-refractivity contribution in [1.29, 1.82) is 0 Å². The molecular formula is C22H21BP. The smallest absolute Gasteiger partial charge is 0.00877 e. The summed E-state index contributed by atoms with van der Waals surface area (Å²) in [5.41, 5.74) is 4.39. The molecule has 2 heteroatoms. The van der Waals surface area contributed by atoms with E-state index in [4.69, 9.17) is 0 Å². The SMILES string of the molecule is [B].c1ccc([C@@H]2CC[C@@H](c3ccccc3)P2c2ccccc2)cc1. The van der Waals surface area contributed by atoms with Crippen LogP contribution in [0.1, 0.15) is 35.3 Å². The van der Waals surface area contributed by atoms with Crippen molar-refractivity contribution < 1.29 is 0 Å². The van der Waals surface area contributed by atoms with E-state index in [0.29, 0.717) is 11.3 Å². The topological polar surface area (TPSA) is 0 Å². The molecule has 3 aromatic rings. The summed E-state index contributed by atoms with van der Waals surface area (Å²) in [4.78, 5) is 0. The average Bonchev–Trinajstić information content (AvgIpc) is 3.09. The largest absolute Gasteiger partial charge is 0.0622 e. The molecule has 1 aliphatic heterocycles. The molecule has 0 nitrogen and oxygen atoms in total. The molecular weight excluding hydrogens is 306 g/mol. The summed E-state index contributed by atoms with van der Waals surface area (Å²) in [6.07, 6.45) is 2.59. The van der Waals surface area contributed by atoms with Crippen molar-refractivity contribution in [2.24, 2.45) is 0 Å².